The van der Waals surface area contributed by atoms with Crippen LogP contribution in [0.2, 0.25) is 0 Å². The van der Waals surface area contributed by atoms with Gasteiger partial charge in [0.1, 0.15) is 5.82 Å². The summed E-state index contributed by atoms with van der Waals surface area (Å²) in [5, 5.41) is 11.4. The smallest absolute Gasteiger partial charge is 0.308 e. The Morgan fingerprint density at radius 1 is 1.41 bits per heavy atom. The van der Waals surface area contributed by atoms with E-state index < -0.39 is 17.7 Å². The van der Waals surface area contributed by atoms with Crippen LogP contribution in [0.4, 0.5) is 4.39 Å². The van der Waals surface area contributed by atoms with E-state index in [2.05, 4.69) is 5.32 Å². The lowest BCUT2D eigenvalue weighted by molar-refractivity contribution is -0.141. The quantitative estimate of drug-likeness (QED) is 0.811. The molecule has 0 fully saturated rings. The van der Waals surface area contributed by atoms with Gasteiger partial charge in [-0.2, -0.15) is 0 Å². The lowest BCUT2D eigenvalue weighted by Crippen LogP contribution is -2.32. The number of halogens is 1. The van der Waals surface area contributed by atoms with E-state index in [1.54, 1.807) is 18.2 Å². The Balaban J connectivity index is 2.70. The standard InChI is InChI=1S/C12H14FNO3/c1-8(15)14-7-10(12(16)17)6-9-4-2-3-5-11(9)13/h2-5,10H,6-7H2,1H3,(H,14,15)(H,16,17). The summed E-state index contributed by atoms with van der Waals surface area (Å²) in [6, 6.07) is 6.02. The van der Waals surface area contributed by atoms with E-state index in [0.717, 1.165) is 0 Å². The fraction of sp³-hybridized carbons (Fsp3) is 0.333. The molecule has 1 rings (SSSR count). The molecule has 0 saturated carbocycles. The predicted octanol–water partition coefficient (Wildman–Crippen LogP) is 1.21. The summed E-state index contributed by atoms with van der Waals surface area (Å²) in [5.41, 5.74) is 0.338. The molecule has 1 amide bonds. The number of nitrogens with one attached hydrogen (secondary N) is 1. The van der Waals surface area contributed by atoms with Crippen molar-refractivity contribution in [3.63, 3.8) is 0 Å². The minimum Gasteiger partial charge on any atom is -0.481 e. The number of aliphatic carboxylic acids is 1. The average Bonchev–Trinajstić information content (AvgIpc) is 2.25. The predicted molar refractivity (Wildman–Crippen MR) is 59.9 cm³/mol. The van der Waals surface area contributed by atoms with Crippen molar-refractivity contribution >= 4 is 11.9 Å². The molecule has 4 nitrogen and oxygen atoms in total. The second-order valence-electron chi connectivity index (χ2n) is 3.77. The molecule has 0 radical (unpaired) electrons. The van der Waals surface area contributed by atoms with Crippen LogP contribution in [0.5, 0.6) is 0 Å². The Labute approximate surface area is 98.5 Å². The molecule has 0 aliphatic carbocycles. The van der Waals surface area contributed by atoms with E-state index >= 15 is 0 Å². The van der Waals surface area contributed by atoms with E-state index in [9.17, 15) is 14.0 Å². The molecule has 0 aliphatic rings. The molecule has 5 heteroatoms. The van der Waals surface area contributed by atoms with Crippen molar-refractivity contribution in [2.24, 2.45) is 5.92 Å². The van der Waals surface area contributed by atoms with Gasteiger partial charge in [-0.25, -0.2) is 4.39 Å². The van der Waals surface area contributed by atoms with Gasteiger partial charge in [0.25, 0.3) is 0 Å². The van der Waals surface area contributed by atoms with Gasteiger partial charge in [0, 0.05) is 13.5 Å². The zero-order valence-electron chi connectivity index (χ0n) is 9.44. The maximum absolute atomic E-state index is 13.3. The van der Waals surface area contributed by atoms with Crippen LogP contribution in [0, 0.1) is 11.7 Å². The van der Waals surface area contributed by atoms with Crippen LogP contribution in [-0.2, 0) is 16.0 Å². The molecule has 2 N–H and O–H groups in total. The van der Waals surface area contributed by atoms with Crippen LogP contribution in [0.25, 0.3) is 0 Å². The third-order valence-electron chi connectivity index (χ3n) is 2.37. The second kappa shape index (κ2) is 5.98. The number of carboxylic acids is 1. The molecular formula is C12H14FNO3. The van der Waals surface area contributed by atoms with Crippen LogP contribution >= 0.6 is 0 Å². The van der Waals surface area contributed by atoms with Gasteiger partial charge in [0.2, 0.25) is 5.91 Å². The van der Waals surface area contributed by atoms with Gasteiger partial charge in [-0.1, -0.05) is 18.2 Å². The van der Waals surface area contributed by atoms with Crippen molar-refractivity contribution < 1.29 is 19.1 Å². The van der Waals surface area contributed by atoms with Crippen molar-refractivity contribution in [1.29, 1.82) is 0 Å². The Bertz CT molecular complexity index is 420. The lowest BCUT2D eigenvalue weighted by Gasteiger charge is -2.13. The van der Waals surface area contributed by atoms with Gasteiger partial charge in [0.15, 0.2) is 0 Å². The van der Waals surface area contributed by atoms with E-state index in [4.69, 9.17) is 5.11 Å². The Hall–Kier alpha value is -1.91. The number of carbonyl (C=O) groups is 2. The monoisotopic (exact) mass is 239 g/mol. The van der Waals surface area contributed by atoms with Gasteiger partial charge in [-0.15, -0.1) is 0 Å². The summed E-state index contributed by atoms with van der Waals surface area (Å²) in [4.78, 5) is 21.7. The van der Waals surface area contributed by atoms with Crippen LogP contribution in [0.15, 0.2) is 24.3 Å². The summed E-state index contributed by atoms with van der Waals surface area (Å²) in [7, 11) is 0. The Morgan fingerprint density at radius 2 is 2.06 bits per heavy atom. The number of hydrogen-bond acceptors (Lipinski definition) is 2. The molecule has 17 heavy (non-hydrogen) atoms. The normalized spacial score (nSPS) is 11.9. The van der Waals surface area contributed by atoms with Gasteiger partial charge in [-0.3, -0.25) is 9.59 Å². The molecule has 1 aromatic carbocycles. The van der Waals surface area contributed by atoms with Crippen molar-refractivity contribution in [3.8, 4) is 0 Å². The van der Waals surface area contributed by atoms with Crippen LogP contribution in [0.3, 0.4) is 0 Å². The van der Waals surface area contributed by atoms with E-state index in [1.807, 2.05) is 0 Å². The SMILES string of the molecule is CC(=O)NCC(Cc1ccccc1F)C(=O)O. The number of amides is 1. The highest BCUT2D eigenvalue weighted by atomic mass is 19.1. The van der Waals surface area contributed by atoms with Crippen molar-refractivity contribution in [3.05, 3.63) is 35.6 Å². The zero-order chi connectivity index (χ0) is 12.8. The summed E-state index contributed by atoms with van der Waals surface area (Å²) < 4.78 is 13.3. The third-order valence-corrected chi connectivity index (χ3v) is 2.37. The first-order valence-corrected chi connectivity index (χ1v) is 5.21. The molecule has 1 unspecified atom stereocenters. The Morgan fingerprint density at radius 3 is 2.59 bits per heavy atom. The molecular weight excluding hydrogens is 225 g/mol. The highest BCUT2D eigenvalue weighted by Crippen LogP contribution is 2.12. The summed E-state index contributed by atoms with van der Waals surface area (Å²) >= 11 is 0. The minimum atomic E-state index is -1.05. The molecule has 1 atom stereocenters. The number of carboxylic acid groups (broad SMARTS) is 1. The molecule has 0 spiro atoms. The molecule has 0 bridgehead atoms. The maximum Gasteiger partial charge on any atom is 0.308 e. The molecule has 0 saturated heterocycles. The van der Waals surface area contributed by atoms with Gasteiger partial charge in [-0.05, 0) is 18.1 Å². The second-order valence-corrected chi connectivity index (χ2v) is 3.77. The first-order chi connectivity index (χ1) is 8.00. The first-order valence-electron chi connectivity index (χ1n) is 5.21. The van der Waals surface area contributed by atoms with Crippen molar-refractivity contribution in [1.82, 2.24) is 5.32 Å². The summed E-state index contributed by atoms with van der Waals surface area (Å²) in [5.74, 6) is -2.61. The number of carbonyl (C=O) groups excluding carboxylic acids is 1. The van der Waals surface area contributed by atoms with Gasteiger partial charge in [0.05, 0.1) is 5.92 Å². The number of rotatable bonds is 5. The zero-order valence-corrected chi connectivity index (χ0v) is 9.44. The molecule has 1 aromatic rings. The molecule has 0 aromatic heterocycles. The topological polar surface area (TPSA) is 66.4 Å². The highest BCUT2D eigenvalue weighted by Gasteiger charge is 2.19. The van der Waals surface area contributed by atoms with E-state index in [1.165, 1.54) is 13.0 Å². The number of benzene rings is 1. The van der Waals surface area contributed by atoms with Crippen LogP contribution in [0.1, 0.15) is 12.5 Å². The van der Waals surface area contributed by atoms with Gasteiger partial charge < -0.3 is 10.4 Å². The first kappa shape index (κ1) is 13.2. The minimum absolute atomic E-state index is 0.000991. The molecule has 0 aliphatic heterocycles. The summed E-state index contributed by atoms with van der Waals surface area (Å²) in [6.07, 6.45) is 0.0578. The maximum atomic E-state index is 13.3. The fourth-order valence-corrected chi connectivity index (χ4v) is 1.44. The highest BCUT2D eigenvalue weighted by molar-refractivity contribution is 5.75. The van der Waals surface area contributed by atoms with Crippen LogP contribution < -0.4 is 5.32 Å². The lowest BCUT2D eigenvalue weighted by atomic mass is 9.99. The van der Waals surface area contributed by atoms with Crippen molar-refractivity contribution in [2.75, 3.05) is 6.54 Å². The van der Waals surface area contributed by atoms with E-state index in [0.29, 0.717) is 5.56 Å². The average molecular weight is 239 g/mol. The largest absolute Gasteiger partial charge is 0.481 e. The third kappa shape index (κ3) is 4.22. The Kier molecular flexibility index (Phi) is 4.63. The van der Waals surface area contributed by atoms with Crippen LogP contribution in [-0.4, -0.2) is 23.5 Å². The fourth-order valence-electron chi connectivity index (χ4n) is 1.44. The van der Waals surface area contributed by atoms with Gasteiger partial charge >= 0.3 is 5.97 Å². The van der Waals surface area contributed by atoms with Crippen molar-refractivity contribution in [2.45, 2.75) is 13.3 Å². The van der Waals surface area contributed by atoms with E-state index in [-0.39, 0.29) is 18.9 Å². The summed E-state index contributed by atoms with van der Waals surface area (Å²) in [6.45, 7) is 1.31. The molecule has 92 valence electrons. The number of hydrogen-bond donors (Lipinski definition) is 2. The molecule has 0 heterocycles.